The van der Waals surface area contributed by atoms with Gasteiger partial charge in [0.05, 0.1) is 11.4 Å². The van der Waals surface area contributed by atoms with E-state index in [1.165, 1.54) is 89.0 Å². The standard InChI is InChI=1S/C44H31BN2O/c1-43(2)30-17-7-5-13-24(30)28-23-29-25-15-11-16-27-36-40(26-14-6-8-18-31(26)44(36,3)4)47(39(25)27)45-32-19-12-22-35-41(32)46(42(37(28)43)38(29)45)33-20-9-10-21-34(33)48-35/h5-23H,1-4H3. The van der Waals surface area contributed by atoms with Crippen molar-refractivity contribution in [1.82, 2.24) is 4.48 Å². The Morgan fingerprint density at radius 1 is 0.562 bits per heavy atom. The van der Waals surface area contributed by atoms with E-state index in [4.69, 9.17) is 4.74 Å². The van der Waals surface area contributed by atoms with Gasteiger partial charge in [-0.2, -0.15) is 0 Å². The highest BCUT2D eigenvalue weighted by Crippen LogP contribution is 2.61. The second-order valence-electron chi connectivity index (χ2n) is 15.2. The van der Waals surface area contributed by atoms with Crippen LogP contribution in [-0.4, -0.2) is 11.3 Å². The second kappa shape index (κ2) is 7.97. The van der Waals surface area contributed by atoms with Gasteiger partial charge in [0, 0.05) is 44.2 Å². The molecule has 0 N–H and O–H groups in total. The fraction of sp³-hybridized carbons (Fsp3) is 0.136. The zero-order chi connectivity index (χ0) is 31.8. The van der Waals surface area contributed by atoms with E-state index in [9.17, 15) is 0 Å². The Bertz CT molecular complexity index is 2680. The first-order valence-electron chi connectivity index (χ1n) is 17.2. The Balaban J connectivity index is 1.33. The molecule has 0 spiro atoms. The van der Waals surface area contributed by atoms with Crippen molar-refractivity contribution >= 4 is 45.7 Å². The van der Waals surface area contributed by atoms with Crippen LogP contribution in [0.2, 0.25) is 0 Å². The van der Waals surface area contributed by atoms with Crippen molar-refractivity contribution in [3.8, 4) is 45.0 Å². The third-order valence-electron chi connectivity index (χ3n) is 12.3. The molecule has 0 atom stereocenters. The first kappa shape index (κ1) is 25.6. The van der Waals surface area contributed by atoms with Gasteiger partial charge in [-0.25, -0.2) is 0 Å². The third-order valence-corrected chi connectivity index (χ3v) is 12.3. The Hall–Kier alpha value is -5.48. The predicted molar refractivity (Wildman–Crippen MR) is 198 cm³/mol. The van der Waals surface area contributed by atoms with Gasteiger partial charge < -0.3 is 14.1 Å². The summed E-state index contributed by atoms with van der Waals surface area (Å²) in [5, 5.41) is 1.37. The average Bonchev–Trinajstić information content (AvgIpc) is 3.66. The molecule has 6 aromatic carbocycles. The summed E-state index contributed by atoms with van der Waals surface area (Å²) in [7, 11) is 0. The lowest BCUT2D eigenvalue weighted by molar-refractivity contribution is 0.477. The first-order valence-corrected chi connectivity index (χ1v) is 17.2. The highest BCUT2D eigenvalue weighted by molar-refractivity contribution is 6.90. The fourth-order valence-corrected chi connectivity index (χ4v) is 10.5. The van der Waals surface area contributed by atoms with Gasteiger partial charge >= 0.3 is 6.85 Å². The van der Waals surface area contributed by atoms with Gasteiger partial charge in [0.1, 0.15) is 0 Å². The summed E-state index contributed by atoms with van der Waals surface area (Å²) in [4.78, 5) is 2.57. The number of aromatic nitrogens is 1. The average molecular weight is 615 g/mol. The number of anilines is 3. The van der Waals surface area contributed by atoms with Crippen LogP contribution in [0.15, 0.2) is 115 Å². The monoisotopic (exact) mass is 614 g/mol. The van der Waals surface area contributed by atoms with Crippen LogP contribution < -0.4 is 20.6 Å². The molecule has 2 aliphatic carbocycles. The van der Waals surface area contributed by atoms with Crippen LogP contribution in [0, 0.1) is 0 Å². The van der Waals surface area contributed by atoms with Crippen LogP contribution in [0.25, 0.3) is 44.4 Å². The minimum Gasteiger partial charge on any atom is -0.453 e. The van der Waals surface area contributed by atoms with Crippen LogP contribution in [-0.2, 0) is 10.8 Å². The molecule has 4 heteroatoms. The van der Waals surface area contributed by atoms with Gasteiger partial charge in [0.25, 0.3) is 0 Å². The summed E-state index contributed by atoms with van der Waals surface area (Å²) < 4.78 is 9.50. The van der Waals surface area contributed by atoms with Crippen LogP contribution in [0.1, 0.15) is 49.9 Å². The third kappa shape index (κ3) is 2.62. The van der Waals surface area contributed by atoms with Crippen LogP contribution in [0.4, 0.5) is 17.1 Å². The molecule has 4 heterocycles. The quantitative estimate of drug-likeness (QED) is 0.158. The molecule has 0 saturated carbocycles. The van der Waals surface area contributed by atoms with E-state index in [2.05, 4.69) is 152 Å². The fourth-order valence-electron chi connectivity index (χ4n) is 10.5. The van der Waals surface area contributed by atoms with Gasteiger partial charge in [0.15, 0.2) is 11.5 Å². The summed E-state index contributed by atoms with van der Waals surface area (Å²) in [5.74, 6) is 1.82. The lowest BCUT2D eigenvalue weighted by atomic mass is 9.44. The van der Waals surface area contributed by atoms with Crippen LogP contribution >= 0.6 is 0 Å². The smallest absolute Gasteiger partial charge is 0.333 e. The van der Waals surface area contributed by atoms with Crippen molar-refractivity contribution in [2.24, 2.45) is 0 Å². The van der Waals surface area contributed by atoms with Crippen molar-refractivity contribution in [3.63, 3.8) is 0 Å². The Kier molecular flexibility index (Phi) is 4.25. The number of hydrogen-bond donors (Lipinski definition) is 0. The zero-order valence-corrected chi connectivity index (χ0v) is 27.3. The van der Waals surface area contributed by atoms with E-state index < -0.39 is 0 Å². The number of benzene rings is 6. The molecule has 0 radical (unpaired) electrons. The molecule has 1 aromatic heterocycles. The number of fused-ring (bicyclic) bond motifs is 15. The molecule has 5 aliphatic rings. The van der Waals surface area contributed by atoms with Crippen molar-refractivity contribution < 1.29 is 4.74 Å². The molecule has 7 aromatic rings. The maximum absolute atomic E-state index is 6.77. The molecule has 0 fully saturated rings. The molecule has 3 nitrogen and oxygen atoms in total. The molecule has 0 unspecified atom stereocenters. The number of rotatable bonds is 0. The lowest BCUT2D eigenvalue weighted by Gasteiger charge is -2.45. The van der Waals surface area contributed by atoms with E-state index in [0.717, 1.165) is 17.2 Å². The highest BCUT2D eigenvalue weighted by Gasteiger charge is 2.52. The summed E-state index contributed by atoms with van der Waals surface area (Å²) >= 11 is 0. The van der Waals surface area contributed by atoms with Crippen molar-refractivity contribution in [2.45, 2.75) is 38.5 Å². The van der Waals surface area contributed by atoms with Crippen molar-refractivity contribution in [1.29, 1.82) is 0 Å². The van der Waals surface area contributed by atoms with Crippen LogP contribution in [0.5, 0.6) is 11.5 Å². The number of hydrogen-bond acceptors (Lipinski definition) is 2. The molecular formula is C44H31BN2O. The predicted octanol–water partition coefficient (Wildman–Crippen LogP) is 9.78. The largest absolute Gasteiger partial charge is 0.453 e. The molecule has 0 bridgehead atoms. The second-order valence-corrected chi connectivity index (χ2v) is 15.2. The van der Waals surface area contributed by atoms with E-state index in [1.807, 2.05) is 0 Å². The zero-order valence-electron chi connectivity index (χ0n) is 27.3. The highest BCUT2D eigenvalue weighted by atomic mass is 16.5. The van der Waals surface area contributed by atoms with Crippen molar-refractivity contribution in [3.05, 3.63) is 138 Å². The van der Waals surface area contributed by atoms with E-state index >= 15 is 0 Å². The number of ether oxygens (including phenoxy) is 1. The molecular weight excluding hydrogens is 583 g/mol. The Morgan fingerprint density at radius 3 is 2.08 bits per heavy atom. The van der Waals surface area contributed by atoms with E-state index in [0.29, 0.717) is 0 Å². The van der Waals surface area contributed by atoms with Gasteiger partial charge in [-0.05, 0) is 74.1 Å². The number of para-hydroxylation sites is 4. The Labute approximate surface area is 280 Å². The maximum Gasteiger partial charge on any atom is 0.333 e. The van der Waals surface area contributed by atoms with Gasteiger partial charge in [-0.3, -0.25) is 0 Å². The summed E-state index contributed by atoms with van der Waals surface area (Å²) in [5.41, 5.74) is 21.1. The SMILES string of the molecule is CC1(C)c2ccccc2-c2cc3c4c(c21)N1c2ccccc2Oc2cccc(c21)B4n1c2c(c4cccc-3c41)C(C)(C)c1ccccc1-2. The van der Waals surface area contributed by atoms with Crippen molar-refractivity contribution in [2.75, 3.05) is 4.90 Å². The minimum absolute atomic E-state index is 0.0111. The maximum atomic E-state index is 6.77. The number of nitrogens with zero attached hydrogens (tertiary/aromatic N) is 2. The van der Waals surface area contributed by atoms with E-state index in [-0.39, 0.29) is 17.7 Å². The molecule has 226 valence electrons. The van der Waals surface area contributed by atoms with Crippen LogP contribution in [0.3, 0.4) is 0 Å². The van der Waals surface area contributed by atoms with Gasteiger partial charge in [0.2, 0.25) is 0 Å². The molecule has 48 heavy (non-hydrogen) atoms. The normalized spacial score (nSPS) is 16.8. The summed E-state index contributed by atoms with van der Waals surface area (Å²) in [6, 6.07) is 43.0. The lowest BCUT2D eigenvalue weighted by Crippen LogP contribution is -2.57. The summed E-state index contributed by atoms with van der Waals surface area (Å²) in [6.07, 6.45) is 0. The molecule has 12 rings (SSSR count). The Morgan fingerprint density at radius 2 is 1.23 bits per heavy atom. The summed E-state index contributed by atoms with van der Waals surface area (Å²) in [6.45, 7) is 9.66. The van der Waals surface area contributed by atoms with E-state index in [1.54, 1.807) is 0 Å². The van der Waals surface area contributed by atoms with Gasteiger partial charge in [-0.15, -0.1) is 0 Å². The van der Waals surface area contributed by atoms with Gasteiger partial charge in [-0.1, -0.05) is 119 Å². The minimum atomic E-state index is -0.194. The topological polar surface area (TPSA) is 17.4 Å². The first-order chi connectivity index (χ1) is 23.4. The molecule has 0 amide bonds. The molecule has 3 aliphatic heterocycles. The molecule has 0 saturated heterocycles.